The molecule has 0 bridgehead atoms. The number of carbonyl (C=O) groups is 2. The molecule has 0 radical (unpaired) electrons. The van der Waals surface area contributed by atoms with Crippen molar-refractivity contribution in [3.63, 3.8) is 0 Å². The van der Waals surface area contributed by atoms with Crippen molar-refractivity contribution in [2.75, 3.05) is 11.4 Å². The number of hydrogen-bond donors (Lipinski definition) is 0. The minimum Gasteiger partial charge on any atom is -0.549 e. The Morgan fingerprint density at radius 2 is 2.14 bits per heavy atom. The fourth-order valence-electron chi connectivity index (χ4n) is 2.91. The predicted octanol–water partition coefficient (Wildman–Crippen LogP) is -2.08. The Kier molecular flexibility index (Phi) is 4.29. The minimum atomic E-state index is -1.41. The Hall–Kier alpha value is -1.17. The third-order valence-electron chi connectivity index (χ3n) is 4.11. The average Bonchev–Trinajstić information content (AvgIpc) is 2.39. The quantitative estimate of drug-likeness (QED) is 0.441. The van der Waals surface area contributed by atoms with Crippen LogP contribution in [0.2, 0.25) is 0 Å². The molecule has 0 aliphatic carbocycles. The Balaban J connectivity index is 0.00000161. The second-order valence-electron chi connectivity index (χ2n) is 5.28. The van der Waals surface area contributed by atoms with Crippen molar-refractivity contribution in [1.82, 2.24) is 0 Å². The summed E-state index contributed by atoms with van der Waals surface area (Å²) in [5.74, 6) is -3.72. The summed E-state index contributed by atoms with van der Waals surface area (Å²) < 4.78 is 13.9. The topological polar surface area (TPSA) is 60.4 Å². The molecular weight excluding hydrogens is 284 g/mol. The van der Waals surface area contributed by atoms with Crippen LogP contribution in [0.3, 0.4) is 0 Å². The molecule has 3 rings (SSSR count). The maximum Gasteiger partial charge on any atom is 1.00 e. The van der Waals surface area contributed by atoms with E-state index in [4.69, 9.17) is 0 Å². The molecule has 0 saturated carbocycles. The third kappa shape index (κ3) is 2.33. The van der Waals surface area contributed by atoms with E-state index in [1.165, 1.54) is 0 Å². The minimum absolute atomic E-state index is 0. The summed E-state index contributed by atoms with van der Waals surface area (Å²) in [4.78, 5) is 25.2. The zero-order valence-corrected chi connectivity index (χ0v) is 14.1. The molecule has 21 heavy (non-hydrogen) atoms. The molecule has 1 aromatic carbocycles. The molecule has 2 aliphatic rings. The van der Waals surface area contributed by atoms with E-state index in [0.717, 1.165) is 6.07 Å². The number of halogens is 1. The van der Waals surface area contributed by atoms with Gasteiger partial charge in [0, 0.05) is 23.7 Å². The molecule has 104 valence electrons. The van der Waals surface area contributed by atoms with E-state index in [1.807, 2.05) is 17.9 Å². The van der Waals surface area contributed by atoms with Crippen molar-refractivity contribution in [3.8, 4) is 0 Å². The first kappa shape index (κ1) is 16.2. The molecule has 2 heterocycles. The maximum atomic E-state index is 13.9. The van der Waals surface area contributed by atoms with Crippen molar-refractivity contribution in [2.24, 2.45) is 5.92 Å². The molecule has 0 spiro atoms. The number of carboxylic acid groups (broad SMARTS) is 1. The van der Waals surface area contributed by atoms with Gasteiger partial charge in [0.2, 0.25) is 0 Å². The van der Waals surface area contributed by atoms with Crippen molar-refractivity contribution in [2.45, 2.75) is 19.9 Å². The predicted molar refractivity (Wildman–Crippen MR) is 69.8 cm³/mol. The van der Waals surface area contributed by atoms with Crippen LogP contribution >= 0.6 is 0 Å². The van der Waals surface area contributed by atoms with Gasteiger partial charge in [0.15, 0.2) is 5.78 Å². The number of rotatable bonds is 1. The molecule has 2 atom stereocenters. The first-order chi connectivity index (χ1) is 9.41. The molecule has 0 amide bonds. The maximum absolute atomic E-state index is 13.9. The number of carboxylic acids is 1. The molecular formula is C15H13FNNaO3. The van der Waals surface area contributed by atoms with Crippen molar-refractivity contribution < 1.29 is 48.6 Å². The van der Waals surface area contributed by atoms with Crippen LogP contribution in [0.5, 0.6) is 0 Å². The third-order valence-corrected chi connectivity index (χ3v) is 4.11. The smallest absolute Gasteiger partial charge is 0.549 e. The second kappa shape index (κ2) is 5.55. The number of aliphatic carboxylic acids is 1. The molecule has 2 unspecified atom stereocenters. The number of Topliss-reactive ketones (excluding diaryl/α,β-unsaturated/α-hetero) is 1. The van der Waals surface area contributed by atoms with Crippen LogP contribution in [0, 0.1) is 18.7 Å². The van der Waals surface area contributed by atoms with Gasteiger partial charge in [0.25, 0.3) is 0 Å². The van der Waals surface area contributed by atoms with Gasteiger partial charge in [-0.1, -0.05) is 12.2 Å². The van der Waals surface area contributed by atoms with Crippen LogP contribution in [-0.2, 0) is 4.79 Å². The molecule has 0 saturated heterocycles. The van der Waals surface area contributed by atoms with Gasteiger partial charge in [-0.2, -0.15) is 0 Å². The van der Waals surface area contributed by atoms with Crippen molar-refractivity contribution in [1.29, 1.82) is 0 Å². The van der Waals surface area contributed by atoms with E-state index in [-0.39, 0.29) is 47.7 Å². The zero-order valence-electron chi connectivity index (χ0n) is 12.1. The molecule has 0 aromatic heterocycles. The summed E-state index contributed by atoms with van der Waals surface area (Å²) in [6.07, 6.45) is 3.67. The molecule has 4 nitrogen and oxygen atoms in total. The summed E-state index contributed by atoms with van der Waals surface area (Å²) in [7, 11) is 0. The fourth-order valence-corrected chi connectivity index (χ4v) is 2.91. The van der Waals surface area contributed by atoms with E-state index >= 15 is 0 Å². The van der Waals surface area contributed by atoms with E-state index in [1.54, 1.807) is 13.0 Å². The molecule has 0 N–H and O–H groups in total. The van der Waals surface area contributed by atoms with E-state index in [2.05, 4.69) is 0 Å². The second-order valence-corrected chi connectivity index (χ2v) is 5.28. The van der Waals surface area contributed by atoms with Crippen molar-refractivity contribution >= 4 is 23.5 Å². The Labute approximate surface area is 143 Å². The number of ketones is 1. The summed E-state index contributed by atoms with van der Waals surface area (Å²) in [6, 6.07) is 1.10. The van der Waals surface area contributed by atoms with Crippen LogP contribution < -0.4 is 39.6 Å². The summed E-state index contributed by atoms with van der Waals surface area (Å²) >= 11 is 0. The van der Waals surface area contributed by atoms with Crippen molar-refractivity contribution in [3.05, 3.63) is 34.6 Å². The molecule has 0 fully saturated rings. The number of hydrogen-bond acceptors (Lipinski definition) is 4. The first-order valence-electron chi connectivity index (χ1n) is 6.45. The van der Waals surface area contributed by atoms with Crippen LogP contribution in [-0.4, -0.2) is 24.3 Å². The number of anilines is 1. The van der Waals surface area contributed by atoms with Gasteiger partial charge >= 0.3 is 29.6 Å². The average molecular weight is 297 g/mol. The molecule has 1 aromatic rings. The zero-order chi connectivity index (χ0) is 14.6. The summed E-state index contributed by atoms with van der Waals surface area (Å²) in [5, 5.41) is 11.1. The first-order valence-corrected chi connectivity index (χ1v) is 6.45. The Bertz CT molecular complexity index is 671. The fraction of sp³-hybridized carbons (Fsp3) is 0.333. The van der Waals surface area contributed by atoms with Crippen LogP contribution in [0.25, 0.3) is 6.08 Å². The normalized spacial score (nSPS) is 22.6. The standard InChI is InChI=1S/C15H14FNO3.Na/c1-7-3-4-9-8(2)12(16)5-10-13(9)17(7)6-11(14(10)18)15(19)20;/h3-5,7,11H,6H2,1-2H3,(H,19,20);/q;+1/p-1. The number of carbonyl (C=O) groups excluding carboxylic acids is 2. The van der Waals surface area contributed by atoms with Gasteiger partial charge in [0.05, 0.1) is 17.6 Å². The van der Waals surface area contributed by atoms with Gasteiger partial charge in [-0.05, 0) is 25.5 Å². The summed E-state index contributed by atoms with van der Waals surface area (Å²) in [6.45, 7) is 3.63. The van der Waals surface area contributed by atoms with Gasteiger partial charge in [-0.25, -0.2) is 4.39 Å². The largest absolute Gasteiger partial charge is 1.00 e. The summed E-state index contributed by atoms with van der Waals surface area (Å²) in [5.41, 5.74) is 1.90. The number of nitrogens with zero attached hydrogens (tertiary/aromatic N) is 1. The van der Waals surface area contributed by atoms with Gasteiger partial charge in [-0.15, -0.1) is 0 Å². The monoisotopic (exact) mass is 297 g/mol. The van der Waals surface area contributed by atoms with Crippen LogP contribution in [0.15, 0.2) is 12.1 Å². The van der Waals surface area contributed by atoms with Gasteiger partial charge in [-0.3, -0.25) is 4.79 Å². The van der Waals surface area contributed by atoms with Crippen LogP contribution in [0.1, 0.15) is 28.4 Å². The van der Waals surface area contributed by atoms with Gasteiger partial charge < -0.3 is 14.8 Å². The van der Waals surface area contributed by atoms with E-state index in [0.29, 0.717) is 16.8 Å². The Morgan fingerprint density at radius 1 is 1.48 bits per heavy atom. The van der Waals surface area contributed by atoms with Crippen LogP contribution in [0.4, 0.5) is 10.1 Å². The molecule has 2 aliphatic heterocycles. The Morgan fingerprint density at radius 3 is 2.76 bits per heavy atom. The van der Waals surface area contributed by atoms with E-state index < -0.39 is 23.5 Å². The van der Waals surface area contributed by atoms with Gasteiger partial charge in [0.1, 0.15) is 5.82 Å². The SMILES string of the molecule is Cc1c(F)cc2c3c1C=CC(C)N3CC(C(=O)[O-])C2=O.[Na+]. The van der Waals surface area contributed by atoms with E-state index in [9.17, 15) is 19.1 Å². The molecule has 6 heteroatoms. The number of benzene rings is 1.